The third kappa shape index (κ3) is 3.83. The van der Waals surface area contributed by atoms with E-state index in [9.17, 15) is 9.59 Å². The van der Waals surface area contributed by atoms with Crippen LogP contribution in [-0.4, -0.2) is 57.6 Å². The molecule has 1 aromatic rings. The molecule has 4 rings (SSSR count). The summed E-state index contributed by atoms with van der Waals surface area (Å²) in [6.07, 6.45) is 13.6. The molecule has 154 valence electrons. The zero-order valence-electron chi connectivity index (χ0n) is 17.2. The summed E-state index contributed by atoms with van der Waals surface area (Å²) in [5.41, 5.74) is 0.918. The van der Waals surface area contributed by atoms with Crippen molar-refractivity contribution in [2.75, 3.05) is 26.2 Å². The number of nitrogens with zero attached hydrogens (tertiary/aromatic N) is 4. The van der Waals surface area contributed by atoms with Crippen molar-refractivity contribution >= 4 is 11.8 Å². The van der Waals surface area contributed by atoms with Crippen LogP contribution in [0.4, 0.5) is 0 Å². The molecule has 3 aliphatic rings. The van der Waals surface area contributed by atoms with Crippen molar-refractivity contribution in [2.24, 2.45) is 11.3 Å². The van der Waals surface area contributed by atoms with E-state index < -0.39 is 0 Å². The van der Waals surface area contributed by atoms with Gasteiger partial charge in [0.15, 0.2) is 0 Å². The molecule has 0 radical (unpaired) electrons. The van der Waals surface area contributed by atoms with E-state index in [1.165, 1.54) is 32.1 Å². The normalized spacial score (nSPS) is 24.2. The highest BCUT2D eigenvalue weighted by molar-refractivity contribution is 5.94. The van der Waals surface area contributed by atoms with Gasteiger partial charge in [-0.25, -0.2) is 0 Å². The Morgan fingerprint density at radius 2 is 1.86 bits per heavy atom. The number of hydrogen-bond donors (Lipinski definition) is 0. The minimum Gasteiger partial charge on any atom is -0.343 e. The van der Waals surface area contributed by atoms with E-state index in [1.807, 2.05) is 27.6 Å². The minimum absolute atomic E-state index is 0.109. The topological polar surface area (TPSA) is 58.4 Å². The molecule has 1 spiro atoms. The predicted molar refractivity (Wildman–Crippen MR) is 108 cm³/mol. The summed E-state index contributed by atoms with van der Waals surface area (Å²) in [4.78, 5) is 29.8. The van der Waals surface area contributed by atoms with Crippen LogP contribution in [-0.2, 0) is 11.3 Å². The van der Waals surface area contributed by atoms with Crippen LogP contribution in [0.1, 0.15) is 75.1 Å². The molecule has 1 atom stereocenters. The first-order valence-electron chi connectivity index (χ1n) is 11.2. The Morgan fingerprint density at radius 1 is 1.11 bits per heavy atom. The van der Waals surface area contributed by atoms with E-state index in [1.54, 1.807) is 6.20 Å². The number of aromatic nitrogens is 2. The van der Waals surface area contributed by atoms with Gasteiger partial charge in [-0.1, -0.05) is 19.3 Å². The Labute approximate surface area is 168 Å². The highest BCUT2D eigenvalue weighted by Gasteiger charge is 2.48. The first-order valence-corrected chi connectivity index (χ1v) is 11.2. The zero-order valence-corrected chi connectivity index (χ0v) is 17.2. The average Bonchev–Trinajstić information content (AvgIpc) is 3.46. The molecule has 6 heteroatoms. The van der Waals surface area contributed by atoms with Crippen molar-refractivity contribution in [3.63, 3.8) is 0 Å². The van der Waals surface area contributed by atoms with Crippen LogP contribution in [0.3, 0.4) is 0 Å². The third-order valence-corrected chi connectivity index (χ3v) is 7.32. The maximum absolute atomic E-state index is 13.1. The predicted octanol–water partition coefficient (Wildman–Crippen LogP) is 3.33. The summed E-state index contributed by atoms with van der Waals surface area (Å²) >= 11 is 0. The van der Waals surface area contributed by atoms with Gasteiger partial charge in [0, 0.05) is 45.3 Å². The minimum atomic E-state index is 0.109. The zero-order chi connectivity index (χ0) is 19.6. The molecule has 28 heavy (non-hydrogen) atoms. The molecule has 2 aliphatic heterocycles. The summed E-state index contributed by atoms with van der Waals surface area (Å²) < 4.78 is 1.81. The monoisotopic (exact) mass is 386 g/mol. The van der Waals surface area contributed by atoms with Gasteiger partial charge in [0.2, 0.25) is 5.91 Å². The van der Waals surface area contributed by atoms with Gasteiger partial charge in [-0.3, -0.25) is 14.3 Å². The van der Waals surface area contributed by atoms with Crippen LogP contribution < -0.4 is 0 Å². The SMILES string of the molecule is CCn1cc(C(=O)N2CC(CCC(=O)N3CCCC3)C3(CCCCC3)C2)cn1. The van der Waals surface area contributed by atoms with E-state index in [-0.39, 0.29) is 11.3 Å². The van der Waals surface area contributed by atoms with Gasteiger partial charge >= 0.3 is 0 Å². The number of amides is 2. The van der Waals surface area contributed by atoms with Crippen molar-refractivity contribution in [2.45, 2.75) is 71.3 Å². The number of carbonyl (C=O) groups excluding carboxylic acids is 2. The number of likely N-dealkylation sites (tertiary alicyclic amines) is 2. The standard InChI is InChI=1S/C22H34N4O2/c1-2-26-15-18(14-23-26)21(28)25-16-19(22(17-25)10-4-3-5-11-22)8-9-20(27)24-12-6-7-13-24/h14-15,19H,2-13,16-17H2,1H3. The molecule has 6 nitrogen and oxygen atoms in total. The van der Waals surface area contributed by atoms with Crippen molar-refractivity contribution in [1.82, 2.24) is 19.6 Å². The van der Waals surface area contributed by atoms with Crippen molar-refractivity contribution in [3.8, 4) is 0 Å². The molecule has 2 amide bonds. The van der Waals surface area contributed by atoms with Crippen LogP contribution >= 0.6 is 0 Å². The van der Waals surface area contributed by atoms with Gasteiger partial charge in [-0.2, -0.15) is 5.10 Å². The smallest absolute Gasteiger partial charge is 0.257 e. The van der Waals surface area contributed by atoms with E-state index in [2.05, 4.69) is 5.10 Å². The van der Waals surface area contributed by atoms with Gasteiger partial charge in [0.1, 0.15) is 0 Å². The molecular weight excluding hydrogens is 352 g/mol. The molecule has 0 aromatic carbocycles. The highest BCUT2D eigenvalue weighted by atomic mass is 16.2. The molecule has 3 heterocycles. The third-order valence-electron chi connectivity index (χ3n) is 7.32. The van der Waals surface area contributed by atoms with Crippen molar-refractivity contribution < 1.29 is 9.59 Å². The molecule has 0 N–H and O–H groups in total. The molecule has 0 bridgehead atoms. The maximum atomic E-state index is 13.1. The van der Waals surface area contributed by atoms with E-state index >= 15 is 0 Å². The lowest BCUT2D eigenvalue weighted by Crippen LogP contribution is -2.35. The van der Waals surface area contributed by atoms with Crippen LogP contribution in [0.25, 0.3) is 0 Å². The van der Waals surface area contributed by atoms with Crippen LogP contribution in [0.5, 0.6) is 0 Å². The molecular formula is C22H34N4O2. The fourth-order valence-electron chi connectivity index (χ4n) is 5.66. The Kier molecular flexibility index (Phi) is 5.74. The van der Waals surface area contributed by atoms with Crippen LogP contribution in [0.2, 0.25) is 0 Å². The van der Waals surface area contributed by atoms with Gasteiger partial charge in [0.05, 0.1) is 11.8 Å². The summed E-state index contributed by atoms with van der Waals surface area (Å²) in [7, 11) is 0. The van der Waals surface area contributed by atoms with Crippen LogP contribution in [0, 0.1) is 11.3 Å². The van der Waals surface area contributed by atoms with Crippen LogP contribution in [0.15, 0.2) is 12.4 Å². The Balaban J connectivity index is 1.44. The lowest BCUT2D eigenvalue weighted by atomic mass is 9.66. The Bertz CT molecular complexity index is 701. The lowest BCUT2D eigenvalue weighted by Gasteiger charge is -2.38. The molecule has 1 saturated carbocycles. The van der Waals surface area contributed by atoms with Gasteiger partial charge in [-0.15, -0.1) is 0 Å². The number of carbonyl (C=O) groups is 2. The van der Waals surface area contributed by atoms with E-state index in [0.29, 0.717) is 23.8 Å². The van der Waals surface area contributed by atoms with Gasteiger partial charge in [-0.05, 0) is 50.4 Å². The van der Waals surface area contributed by atoms with E-state index in [4.69, 9.17) is 0 Å². The Hall–Kier alpha value is -1.85. The number of aryl methyl sites for hydroxylation is 1. The second-order valence-corrected chi connectivity index (χ2v) is 9.02. The van der Waals surface area contributed by atoms with Gasteiger partial charge < -0.3 is 9.80 Å². The maximum Gasteiger partial charge on any atom is 0.257 e. The fourth-order valence-corrected chi connectivity index (χ4v) is 5.66. The van der Waals surface area contributed by atoms with Crippen molar-refractivity contribution in [3.05, 3.63) is 18.0 Å². The quantitative estimate of drug-likeness (QED) is 0.780. The van der Waals surface area contributed by atoms with Crippen molar-refractivity contribution in [1.29, 1.82) is 0 Å². The summed E-state index contributed by atoms with van der Waals surface area (Å²) in [5.74, 6) is 0.875. The first-order chi connectivity index (χ1) is 13.6. The fraction of sp³-hybridized carbons (Fsp3) is 0.773. The lowest BCUT2D eigenvalue weighted by molar-refractivity contribution is -0.130. The summed E-state index contributed by atoms with van der Waals surface area (Å²) in [5, 5.41) is 4.27. The molecule has 1 aromatic heterocycles. The first kappa shape index (κ1) is 19.5. The average molecular weight is 387 g/mol. The van der Waals surface area contributed by atoms with Gasteiger partial charge in [0.25, 0.3) is 5.91 Å². The second kappa shape index (κ2) is 8.26. The Morgan fingerprint density at radius 3 is 2.54 bits per heavy atom. The molecule has 2 saturated heterocycles. The van der Waals surface area contributed by atoms with E-state index in [0.717, 1.165) is 52.0 Å². The summed E-state index contributed by atoms with van der Waals surface area (Å²) in [6.45, 7) is 6.32. The summed E-state index contributed by atoms with van der Waals surface area (Å²) in [6, 6.07) is 0. The number of rotatable bonds is 5. The molecule has 3 fully saturated rings. The second-order valence-electron chi connectivity index (χ2n) is 9.02. The highest BCUT2D eigenvalue weighted by Crippen LogP contribution is 2.49. The largest absolute Gasteiger partial charge is 0.343 e. The number of hydrogen-bond acceptors (Lipinski definition) is 3. The molecule has 1 aliphatic carbocycles. The molecule has 1 unspecified atom stereocenters.